The lowest BCUT2D eigenvalue weighted by Gasteiger charge is -2.27. The first-order valence-corrected chi connectivity index (χ1v) is 8.94. The highest BCUT2D eigenvalue weighted by Gasteiger charge is 2.29. The maximum absolute atomic E-state index is 12.8. The van der Waals surface area contributed by atoms with Crippen molar-refractivity contribution in [1.29, 1.82) is 0 Å². The van der Waals surface area contributed by atoms with Gasteiger partial charge in [0.15, 0.2) is 0 Å². The van der Waals surface area contributed by atoms with Gasteiger partial charge in [0.1, 0.15) is 18.2 Å². The Kier molecular flexibility index (Phi) is 5.83. The maximum Gasteiger partial charge on any atom is 0.291 e. The quantitative estimate of drug-likeness (QED) is 0.761. The van der Waals surface area contributed by atoms with E-state index in [2.05, 4.69) is 33.5 Å². The summed E-state index contributed by atoms with van der Waals surface area (Å²) in [4.78, 5) is 35.0. The molecule has 0 fully saturated rings. The second-order valence-electron chi connectivity index (χ2n) is 6.53. The first-order valence-electron chi connectivity index (χ1n) is 8.94. The molecule has 1 aliphatic heterocycles. The van der Waals surface area contributed by atoms with Crippen LogP contribution in [0.5, 0.6) is 0 Å². The molecule has 28 heavy (non-hydrogen) atoms. The predicted molar refractivity (Wildman–Crippen MR) is 105 cm³/mol. The van der Waals surface area contributed by atoms with E-state index < -0.39 is 11.9 Å². The summed E-state index contributed by atoms with van der Waals surface area (Å²) >= 11 is 0. The van der Waals surface area contributed by atoms with E-state index in [0.717, 1.165) is 18.5 Å². The molecule has 9 heteroatoms. The molecule has 2 aromatic rings. The first kappa shape index (κ1) is 19.3. The number of nitrogens with one attached hydrogen (secondary N) is 1. The zero-order valence-corrected chi connectivity index (χ0v) is 15.8. The molecule has 0 saturated heterocycles. The van der Waals surface area contributed by atoms with Crippen LogP contribution in [0, 0.1) is 0 Å². The van der Waals surface area contributed by atoms with Crippen molar-refractivity contribution in [1.82, 2.24) is 29.6 Å². The standard InChI is InChI=1S/C19H23N7O2/c1-4-5-7-14(2)11-26-13-21-17(23-26)18(27)22-15-8-6-9-25-12-20-10-16(25)24(3)19(15)28/h4-5,7,10,12-13,15H,1-2,6,8-9,11H2,3H3,(H,22,27)/b7-5-. The normalized spacial score (nSPS) is 17.1. The Balaban J connectivity index is 1.66. The first-order chi connectivity index (χ1) is 13.5. The number of hydrogen-bond acceptors (Lipinski definition) is 5. The van der Waals surface area contributed by atoms with Crippen LogP contribution in [-0.2, 0) is 17.9 Å². The van der Waals surface area contributed by atoms with Crippen LogP contribution in [-0.4, -0.2) is 49.2 Å². The van der Waals surface area contributed by atoms with E-state index in [1.165, 1.54) is 15.9 Å². The topological polar surface area (TPSA) is 97.9 Å². The van der Waals surface area contributed by atoms with E-state index in [4.69, 9.17) is 0 Å². The third-order valence-electron chi connectivity index (χ3n) is 4.43. The van der Waals surface area contributed by atoms with Gasteiger partial charge in [-0.2, -0.15) is 0 Å². The highest BCUT2D eigenvalue weighted by atomic mass is 16.2. The number of carbonyl (C=O) groups is 2. The van der Waals surface area contributed by atoms with Gasteiger partial charge in [-0.05, 0) is 18.4 Å². The van der Waals surface area contributed by atoms with Gasteiger partial charge in [0.25, 0.3) is 5.91 Å². The van der Waals surface area contributed by atoms with E-state index >= 15 is 0 Å². The number of anilines is 1. The average Bonchev–Trinajstić information content (AvgIpc) is 3.33. The number of amides is 2. The second-order valence-corrected chi connectivity index (χ2v) is 6.53. The van der Waals surface area contributed by atoms with Crippen molar-refractivity contribution < 1.29 is 9.59 Å². The van der Waals surface area contributed by atoms with Crippen molar-refractivity contribution >= 4 is 17.6 Å². The summed E-state index contributed by atoms with van der Waals surface area (Å²) in [5, 5.41) is 6.93. The lowest BCUT2D eigenvalue weighted by Crippen LogP contribution is -2.49. The van der Waals surface area contributed by atoms with Crippen molar-refractivity contribution in [2.24, 2.45) is 0 Å². The molecule has 0 bridgehead atoms. The number of aromatic nitrogens is 5. The molecule has 0 spiro atoms. The molecule has 0 aromatic carbocycles. The highest BCUT2D eigenvalue weighted by molar-refractivity contribution is 6.00. The number of hydrogen-bond donors (Lipinski definition) is 1. The number of aryl methyl sites for hydroxylation is 1. The van der Waals surface area contributed by atoms with Gasteiger partial charge in [0, 0.05) is 13.6 Å². The Morgan fingerprint density at radius 3 is 3.04 bits per heavy atom. The molecular weight excluding hydrogens is 358 g/mol. The van der Waals surface area contributed by atoms with Crippen LogP contribution in [0.4, 0.5) is 5.82 Å². The molecule has 0 radical (unpaired) electrons. The van der Waals surface area contributed by atoms with Crippen molar-refractivity contribution in [3.05, 3.63) is 61.6 Å². The third kappa shape index (κ3) is 4.25. The average molecular weight is 381 g/mol. The number of fused-ring (bicyclic) bond motifs is 1. The minimum absolute atomic E-state index is 0.0167. The van der Waals surface area contributed by atoms with E-state index in [1.807, 2.05) is 10.6 Å². The zero-order chi connectivity index (χ0) is 20.1. The molecule has 2 aromatic heterocycles. The fourth-order valence-corrected chi connectivity index (χ4v) is 3.00. The summed E-state index contributed by atoms with van der Waals surface area (Å²) in [7, 11) is 1.68. The Morgan fingerprint density at radius 1 is 1.43 bits per heavy atom. The third-order valence-corrected chi connectivity index (χ3v) is 4.43. The molecule has 0 saturated carbocycles. The molecule has 1 N–H and O–H groups in total. The van der Waals surface area contributed by atoms with Gasteiger partial charge in [0.2, 0.25) is 11.7 Å². The minimum Gasteiger partial charge on any atom is -0.337 e. The predicted octanol–water partition coefficient (Wildman–Crippen LogP) is 1.33. The van der Waals surface area contributed by atoms with Crippen LogP contribution in [0.1, 0.15) is 23.5 Å². The molecule has 2 amide bonds. The van der Waals surface area contributed by atoms with Crippen molar-refractivity contribution in [3.8, 4) is 0 Å². The van der Waals surface area contributed by atoms with Crippen molar-refractivity contribution in [2.75, 3.05) is 11.9 Å². The summed E-state index contributed by atoms with van der Waals surface area (Å²) in [5.74, 6) is 0.0458. The van der Waals surface area contributed by atoms with E-state index in [1.54, 1.807) is 31.7 Å². The molecule has 1 aliphatic rings. The van der Waals surface area contributed by atoms with E-state index in [-0.39, 0.29) is 11.7 Å². The lowest BCUT2D eigenvalue weighted by atomic mass is 10.1. The summed E-state index contributed by atoms with van der Waals surface area (Å²) < 4.78 is 3.45. The summed E-state index contributed by atoms with van der Waals surface area (Å²) in [6, 6.07) is -0.640. The summed E-state index contributed by atoms with van der Waals surface area (Å²) in [5.41, 5.74) is 0.796. The number of imidazole rings is 1. The van der Waals surface area contributed by atoms with Gasteiger partial charge in [-0.3, -0.25) is 14.5 Å². The van der Waals surface area contributed by atoms with Crippen LogP contribution in [0.2, 0.25) is 0 Å². The van der Waals surface area contributed by atoms with Gasteiger partial charge < -0.3 is 9.88 Å². The van der Waals surface area contributed by atoms with E-state index in [0.29, 0.717) is 18.8 Å². The Hall–Kier alpha value is -3.49. The van der Waals surface area contributed by atoms with Gasteiger partial charge in [0.05, 0.1) is 19.1 Å². The molecule has 1 unspecified atom stereocenters. The number of carbonyl (C=O) groups excluding carboxylic acids is 2. The smallest absolute Gasteiger partial charge is 0.291 e. The Bertz CT molecular complexity index is 924. The van der Waals surface area contributed by atoms with Crippen molar-refractivity contribution in [2.45, 2.75) is 32.0 Å². The Morgan fingerprint density at radius 2 is 2.25 bits per heavy atom. The van der Waals surface area contributed by atoms with Crippen LogP contribution in [0.3, 0.4) is 0 Å². The SMILES string of the molecule is C=C/C=C\C(=C)Cn1cnc(C(=O)NC2CCCn3cncc3N(C)C2=O)n1. The summed E-state index contributed by atoms with van der Waals surface area (Å²) in [6.45, 7) is 8.64. The van der Waals surface area contributed by atoms with Crippen molar-refractivity contribution in [3.63, 3.8) is 0 Å². The molecule has 1 atom stereocenters. The molecule has 9 nitrogen and oxygen atoms in total. The van der Waals surface area contributed by atoms with E-state index in [9.17, 15) is 9.59 Å². The fraction of sp³-hybridized carbons (Fsp3) is 0.316. The largest absolute Gasteiger partial charge is 0.337 e. The lowest BCUT2D eigenvalue weighted by molar-refractivity contribution is -0.120. The molecule has 146 valence electrons. The van der Waals surface area contributed by atoms with Crippen LogP contribution in [0.15, 0.2) is 55.8 Å². The van der Waals surface area contributed by atoms with Crippen LogP contribution in [0.25, 0.3) is 0 Å². The monoisotopic (exact) mass is 381 g/mol. The van der Waals surface area contributed by atoms with Crippen LogP contribution < -0.4 is 10.2 Å². The Labute approximate surface area is 163 Å². The molecule has 3 rings (SSSR count). The molecule has 3 heterocycles. The highest BCUT2D eigenvalue weighted by Crippen LogP contribution is 2.19. The number of rotatable bonds is 6. The summed E-state index contributed by atoms with van der Waals surface area (Å²) in [6.07, 6.45) is 11.3. The molecule has 0 aliphatic carbocycles. The number of allylic oxidation sites excluding steroid dienone is 4. The zero-order valence-electron chi connectivity index (χ0n) is 15.8. The van der Waals surface area contributed by atoms with Gasteiger partial charge in [-0.15, -0.1) is 5.10 Å². The van der Waals surface area contributed by atoms with Gasteiger partial charge >= 0.3 is 0 Å². The number of likely N-dealkylation sites (N-methyl/N-ethyl adjacent to an activating group) is 1. The number of nitrogens with zero attached hydrogens (tertiary/aromatic N) is 6. The molecular formula is C19H23N7O2. The fourth-order valence-electron chi connectivity index (χ4n) is 3.00. The second kappa shape index (κ2) is 8.47. The van der Waals surface area contributed by atoms with Gasteiger partial charge in [-0.1, -0.05) is 31.4 Å². The van der Waals surface area contributed by atoms with Gasteiger partial charge in [-0.25, -0.2) is 14.6 Å². The maximum atomic E-state index is 12.8. The van der Waals surface area contributed by atoms with Crippen LogP contribution >= 0.6 is 0 Å². The minimum atomic E-state index is -0.640.